The van der Waals surface area contributed by atoms with Crippen molar-refractivity contribution >= 4 is 11.7 Å². The fourth-order valence-electron chi connectivity index (χ4n) is 1.33. The molecule has 0 bridgehead atoms. The van der Waals surface area contributed by atoms with Gasteiger partial charge in [-0.25, -0.2) is 0 Å². The Morgan fingerprint density at radius 3 is 3.12 bits per heavy atom. The molecule has 2 heterocycles. The molecule has 0 fully saturated rings. The lowest BCUT2D eigenvalue weighted by atomic mass is 10.3. The van der Waals surface area contributed by atoms with Gasteiger partial charge in [-0.2, -0.15) is 10.2 Å². The number of rotatable bonds is 4. The van der Waals surface area contributed by atoms with Gasteiger partial charge in [-0.05, 0) is 12.5 Å². The van der Waals surface area contributed by atoms with Crippen LogP contribution >= 0.6 is 0 Å². The topological polar surface area (TPSA) is 75.6 Å². The first-order valence-electron chi connectivity index (χ1n) is 5.09. The van der Waals surface area contributed by atoms with Crippen LogP contribution in [0.25, 0.3) is 0 Å². The Labute approximate surface area is 92.7 Å². The van der Waals surface area contributed by atoms with E-state index in [0.29, 0.717) is 5.82 Å². The summed E-state index contributed by atoms with van der Waals surface area (Å²) in [6.07, 6.45) is 4.24. The number of aryl methyl sites for hydroxylation is 1. The van der Waals surface area contributed by atoms with E-state index in [0.717, 1.165) is 12.1 Å². The van der Waals surface area contributed by atoms with E-state index < -0.39 is 0 Å². The van der Waals surface area contributed by atoms with Crippen LogP contribution in [0.5, 0.6) is 0 Å². The highest BCUT2D eigenvalue weighted by molar-refractivity contribution is 5.89. The molecule has 0 aliphatic rings. The van der Waals surface area contributed by atoms with E-state index in [1.807, 2.05) is 13.0 Å². The van der Waals surface area contributed by atoms with Gasteiger partial charge in [-0.1, -0.05) is 6.92 Å². The van der Waals surface area contributed by atoms with Crippen LogP contribution < -0.4 is 5.32 Å². The molecule has 0 spiro atoms. The predicted molar refractivity (Wildman–Crippen MR) is 58.8 cm³/mol. The fraction of sp³-hybridized carbons (Fsp3) is 0.300. The fourth-order valence-corrected chi connectivity index (χ4v) is 1.33. The largest absolute Gasteiger partial charge is 0.308 e. The molecule has 84 valence electrons. The lowest BCUT2D eigenvalue weighted by Crippen LogP contribution is -2.19. The third-order valence-corrected chi connectivity index (χ3v) is 2.14. The predicted octanol–water partition coefficient (Wildman–Crippen LogP) is 0.807. The number of anilines is 1. The third kappa shape index (κ3) is 2.47. The minimum atomic E-state index is -0.141. The van der Waals surface area contributed by atoms with Crippen molar-refractivity contribution in [2.24, 2.45) is 0 Å². The van der Waals surface area contributed by atoms with Crippen molar-refractivity contribution in [1.29, 1.82) is 0 Å². The quantitative estimate of drug-likeness (QED) is 0.798. The van der Waals surface area contributed by atoms with Crippen LogP contribution in [0.1, 0.15) is 12.6 Å². The Morgan fingerprint density at radius 1 is 1.62 bits per heavy atom. The van der Waals surface area contributed by atoms with Gasteiger partial charge in [-0.15, -0.1) is 0 Å². The second-order valence-corrected chi connectivity index (χ2v) is 3.38. The van der Waals surface area contributed by atoms with E-state index in [1.54, 1.807) is 23.1 Å². The van der Waals surface area contributed by atoms with Crippen LogP contribution in [0.15, 0.2) is 24.5 Å². The smallest absolute Gasteiger partial charge is 0.247 e. The Bertz CT molecular complexity index is 459. The van der Waals surface area contributed by atoms with Crippen molar-refractivity contribution in [2.75, 3.05) is 5.32 Å². The molecule has 0 aliphatic heterocycles. The zero-order chi connectivity index (χ0) is 11.4. The van der Waals surface area contributed by atoms with Crippen LogP contribution in [-0.4, -0.2) is 25.9 Å². The van der Waals surface area contributed by atoms with E-state index in [4.69, 9.17) is 0 Å². The summed E-state index contributed by atoms with van der Waals surface area (Å²) in [5, 5.41) is 13.4. The molecule has 1 amide bonds. The van der Waals surface area contributed by atoms with E-state index in [-0.39, 0.29) is 12.5 Å². The molecule has 0 atom stereocenters. The van der Waals surface area contributed by atoms with Crippen molar-refractivity contribution < 1.29 is 4.79 Å². The molecule has 16 heavy (non-hydrogen) atoms. The summed E-state index contributed by atoms with van der Waals surface area (Å²) >= 11 is 0. The first-order valence-corrected chi connectivity index (χ1v) is 5.09. The molecule has 6 nitrogen and oxygen atoms in total. The second-order valence-electron chi connectivity index (χ2n) is 3.38. The number of amides is 1. The number of nitrogens with one attached hydrogen (secondary N) is 2. The molecule has 0 aromatic carbocycles. The van der Waals surface area contributed by atoms with Crippen molar-refractivity contribution in [3.05, 3.63) is 30.2 Å². The maximum Gasteiger partial charge on any atom is 0.247 e. The minimum absolute atomic E-state index is 0.141. The van der Waals surface area contributed by atoms with Gasteiger partial charge in [0, 0.05) is 24.2 Å². The van der Waals surface area contributed by atoms with Gasteiger partial charge >= 0.3 is 0 Å². The number of aromatic amines is 1. The molecule has 0 aliphatic carbocycles. The van der Waals surface area contributed by atoms with Gasteiger partial charge < -0.3 is 5.32 Å². The SMILES string of the molecule is CCc1cc(NC(=O)Cn2cccn2)n[nH]1. The van der Waals surface area contributed by atoms with Crippen LogP contribution in [0.3, 0.4) is 0 Å². The number of hydrogen-bond donors (Lipinski definition) is 2. The highest BCUT2D eigenvalue weighted by Crippen LogP contribution is 2.05. The summed E-state index contributed by atoms with van der Waals surface area (Å²) in [7, 11) is 0. The second kappa shape index (κ2) is 4.61. The number of carbonyl (C=O) groups is 1. The van der Waals surface area contributed by atoms with Crippen molar-refractivity contribution in [3.8, 4) is 0 Å². The monoisotopic (exact) mass is 219 g/mol. The van der Waals surface area contributed by atoms with Gasteiger partial charge in [0.25, 0.3) is 0 Å². The van der Waals surface area contributed by atoms with Crippen LogP contribution in [-0.2, 0) is 17.8 Å². The van der Waals surface area contributed by atoms with Gasteiger partial charge in [0.2, 0.25) is 5.91 Å². The van der Waals surface area contributed by atoms with Gasteiger partial charge in [0.1, 0.15) is 6.54 Å². The average Bonchev–Trinajstić information content (AvgIpc) is 2.89. The lowest BCUT2D eigenvalue weighted by Gasteiger charge is -2.01. The number of carbonyl (C=O) groups excluding carboxylic acids is 1. The van der Waals surface area contributed by atoms with Crippen molar-refractivity contribution in [1.82, 2.24) is 20.0 Å². The van der Waals surface area contributed by atoms with Crippen LogP contribution in [0, 0.1) is 0 Å². The molecular formula is C10H13N5O. The molecule has 0 saturated carbocycles. The Morgan fingerprint density at radius 2 is 2.50 bits per heavy atom. The highest BCUT2D eigenvalue weighted by atomic mass is 16.2. The van der Waals surface area contributed by atoms with E-state index in [2.05, 4.69) is 20.6 Å². The normalized spacial score (nSPS) is 10.3. The van der Waals surface area contributed by atoms with E-state index >= 15 is 0 Å². The molecule has 2 aromatic heterocycles. The van der Waals surface area contributed by atoms with Crippen molar-refractivity contribution in [2.45, 2.75) is 19.9 Å². The molecule has 2 aromatic rings. The van der Waals surface area contributed by atoms with Gasteiger partial charge in [0.15, 0.2) is 5.82 Å². The van der Waals surface area contributed by atoms with Crippen molar-refractivity contribution in [3.63, 3.8) is 0 Å². The third-order valence-electron chi connectivity index (χ3n) is 2.14. The number of aromatic nitrogens is 4. The van der Waals surface area contributed by atoms with Crippen LogP contribution in [0.2, 0.25) is 0 Å². The molecule has 2 N–H and O–H groups in total. The van der Waals surface area contributed by atoms with Crippen LogP contribution in [0.4, 0.5) is 5.82 Å². The zero-order valence-corrected chi connectivity index (χ0v) is 8.97. The highest BCUT2D eigenvalue weighted by Gasteiger charge is 2.05. The number of nitrogens with zero attached hydrogens (tertiary/aromatic N) is 3. The summed E-state index contributed by atoms with van der Waals surface area (Å²) in [5.41, 5.74) is 0.995. The standard InChI is InChI=1S/C10H13N5O/c1-2-8-6-9(14-13-8)12-10(16)7-15-5-3-4-11-15/h3-6H,2,7H2,1H3,(H2,12,13,14,16). The zero-order valence-electron chi connectivity index (χ0n) is 8.97. The maximum atomic E-state index is 11.6. The first kappa shape index (κ1) is 10.4. The molecule has 2 rings (SSSR count). The Balaban J connectivity index is 1.92. The Kier molecular flexibility index (Phi) is 3.00. The summed E-state index contributed by atoms with van der Waals surface area (Å²) in [6.45, 7) is 2.21. The molecule has 0 unspecified atom stereocenters. The molecule has 0 radical (unpaired) electrons. The van der Waals surface area contributed by atoms with Gasteiger partial charge in [-0.3, -0.25) is 14.6 Å². The summed E-state index contributed by atoms with van der Waals surface area (Å²) < 4.78 is 1.56. The number of hydrogen-bond acceptors (Lipinski definition) is 3. The summed E-state index contributed by atoms with van der Waals surface area (Å²) in [4.78, 5) is 11.6. The lowest BCUT2D eigenvalue weighted by molar-refractivity contribution is -0.116. The van der Waals surface area contributed by atoms with Gasteiger partial charge in [0.05, 0.1) is 0 Å². The van der Waals surface area contributed by atoms with E-state index in [9.17, 15) is 4.79 Å². The molecule has 0 saturated heterocycles. The molecule has 6 heteroatoms. The number of H-pyrrole nitrogens is 1. The molecular weight excluding hydrogens is 206 g/mol. The summed E-state index contributed by atoms with van der Waals surface area (Å²) in [5.74, 6) is 0.409. The Hall–Kier alpha value is -2.11. The first-order chi connectivity index (χ1) is 7.78. The summed E-state index contributed by atoms with van der Waals surface area (Å²) in [6, 6.07) is 3.60. The minimum Gasteiger partial charge on any atom is -0.308 e. The maximum absolute atomic E-state index is 11.6. The van der Waals surface area contributed by atoms with E-state index in [1.165, 1.54) is 0 Å². The average molecular weight is 219 g/mol.